The van der Waals surface area contributed by atoms with Crippen LogP contribution in [0, 0.1) is 12.8 Å². The lowest BCUT2D eigenvalue weighted by Crippen LogP contribution is -2.44. The highest BCUT2D eigenvalue weighted by molar-refractivity contribution is 5.94. The van der Waals surface area contributed by atoms with E-state index in [1.807, 2.05) is 13.0 Å². The van der Waals surface area contributed by atoms with Crippen LogP contribution < -0.4 is 10.6 Å². The van der Waals surface area contributed by atoms with Crippen LogP contribution in [0.1, 0.15) is 35.7 Å². The lowest BCUT2D eigenvalue weighted by atomic mass is 9.92. The molecule has 2 N–H and O–H groups in total. The molecule has 0 saturated carbocycles. The molecule has 1 fully saturated rings. The van der Waals surface area contributed by atoms with Gasteiger partial charge in [0, 0.05) is 18.4 Å². The van der Waals surface area contributed by atoms with E-state index in [1.165, 1.54) is 12.8 Å². The Labute approximate surface area is 108 Å². The maximum atomic E-state index is 12.1. The second kappa shape index (κ2) is 5.96. The van der Waals surface area contributed by atoms with E-state index in [0.717, 1.165) is 18.7 Å². The zero-order valence-corrected chi connectivity index (χ0v) is 11.1. The summed E-state index contributed by atoms with van der Waals surface area (Å²) in [7, 11) is 0. The third kappa shape index (κ3) is 3.29. The zero-order chi connectivity index (χ0) is 13.0. The normalized spacial score (nSPS) is 21.3. The van der Waals surface area contributed by atoms with Crippen LogP contribution in [0.4, 0.5) is 0 Å². The Morgan fingerprint density at radius 3 is 3.06 bits per heavy atom. The van der Waals surface area contributed by atoms with Crippen LogP contribution in [-0.4, -0.2) is 30.0 Å². The van der Waals surface area contributed by atoms with E-state index in [1.54, 1.807) is 12.4 Å². The molecule has 1 aliphatic heterocycles. The molecule has 0 bridgehead atoms. The number of carbonyl (C=O) groups is 1. The minimum atomic E-state index is -0.0238. The van der Waals surface area contributed by atoms with Crippen molar-refractivity contribution in [2.24, 2.45) is 5.92 Å². The molecule has 1 saturated heterocycles. The lowest BCUT2D eigenvalue weighted by Gasteiger charge is -2.28. The molecule has 98 valence electrons. The van der Waals surface area contributed by atoms with Crippen LogP contribution in [0.25, 0.3) is 0 Å². The number of amides is 1. The average Bonchev–Trinajstić information content (AvgIpc) is 2.39. The van der Waals surface area contributed by atoms with Crippen molar-refractivity contribution in [3.8, 4) is 0 Å². The van der Waals surface area contributed by atoms with Gasteiger partial charge in [-0.3, -0.25) is 9.78 Å². The third-order valence-corrected chi connectivity index (χ3v) is 3.54. The Balaban J connectivity index is 1.94. The number of pyridine rings is 1. The van der Waals surface area contributed by atoms with Gasteiger partial charge in [0.05, 0.1) is 5.56 Å². The Kier molecular flexibility index (Phi) is 4.31. The summed E-state index contributed by atoms with van der Waals surface area (Å²) in [6.07, 6.45) is 5.75. The number of aryl methyl sites for hydroxylation is 1. The molecule has 1 amide bonds. The number of aromatic nitrogens is 1. The Hall–Kier alpha value is -1.42. The van der Waals surface area contributed by atoms with E-state index in [4.69, 9.17) is 0 Å². The SMILES string of the molecule is Cc1cncc(C(=O)NC(C)C2CCCNC2)c1. The number of nitrogens with one attached hydrogen (secondary N) is 2. The molecule has 0 radical (unpaired) electrons. The van der Waals surface area contributed by atoms with Crippen molar-refractivity contribution in [3.63, 3.8) is 0 Å². The molecule has 2 unspecified atom stereocenters. The fourth-order valence-electron chi connectivity index (χ4n) is 2.39. The topological polar surface area (TPSA) is 54.0 Å². The number of rotatable bonds is 3. The minimum absolute atomic E-state index is 0.0238. The molecule has 0 aliphatic carbocycles. The summed E-state index contributed by atoms with van der Waals surface area (Å²) >= 11 is 0. The third-order valence-electron chi connectivity index (χ3n) is 3.54. The molecular weight excluding hydrogens is 226 g/mol. The van der Waals surface area contributed by atoms with Crippen LogP contribution >= 0.6 is 0 Å². The zero-order valence-electron chi connectivity index (χ0n) is 11.1. The molecule has 0 aromatic carbocycles. The van der Waals surface area contributed by atoms with Crippen molar-refractivity contribution in [2.75, 3.05) is 13.1 Å². The summed E-state index contributed by atoms with van der Waals surface area (Å²) in [5.41, 5.74) is 1.65. The van der Waals surface area contributed by atoms with Crippen LogP contribution in [0.5, 0.6) is 0 Å². The van der Waals surface area contributed by atoms with Gasteiger partial charge in [-0.25, -0.2) is 0 Å². The van der Waals surface area contributed by atoms with Gasteiger partial charge in [0.15, 0.2) is 0 Å². The van der Waals surface area contributed by atoms with Gasteiger partial charge in [-0.1, -0.05) is 0 Å². The standard InChI is InChI=1S/C14H21N3O/c1-10-6-13(9-16-7-10)14(18)17-11(2)12-4-3-5-15-8-12/h6-7,9,11-12,15H,3-5,8H2,1-2H3,(H,17,18). The van der Waals surface area contributed by atoms with Crippen molar-refractivity contribution >= 4 is 5.91 Å². The second-order valence-electron chi connectivity index (χ2n) is 5.12. The largest absolute Gasteiger partial charge is 0.349 e. The van der Waals surface area contributed by atoms with E-state index in [0.29, 0.717) is 11.5 Å². The molecule has 1 aromatic heterocycles. The van der Waals surface area contributed by atoms with Gasteiger partial charge >= 0.3 is 0 Å². The smallest absolute Gasteiger partial charge is 0.253 e. The van der Waals surface area contributed by atoms with E-state index in [-0.39, 0.29) is 11.9 Å². The molecule has 2 heterocycles. The maximum absolute atomic E-state index is 12.1. The number of piperidine rings is 1. The average molecular weight is 247 g/mol. The van der Waals surface area contributed by atoms with Crippen molar-refractivity contribution < 1.29 is 4.79 Å². The first kappa shape index (κ1) is 13.0. The highest BCUT2D eigenvalue weighted by Crippen LogP contribution is 2.14. The molecule has 18 heavy (non-hydrogen) atoms. The monoisotopic (exact) mass is 247 g/mol. The van der Waals surface area contributed by atoms with Gasteiger partial charge in [0.2, 0.25) is 0 Å². The summed E-state index contributed by atoms with van der Waals surface area (Å²) in [5.74, 6) is 0.504. The van der Waals surface area contributed by atoms with Crippen LogP contribution in [-0.2, 0) is 0 Å². The molecule has 1 aromatic rings. The summed E-state index contributed by atoms with van der Waals surface area (Å²) in [6, 6.07) is 2.07. The van der Waals surface area contributed by atoms with Crippen molar-refractivity contribution in [2.45, 2.75) is 32.7 Å². The van der Waals surface area contributed by atoms with E-state index >= 15 is 0 Å². The minimum Gasteiger partial charge on any atom is -0.349 e. The summed E-state index contributed by atoms with van der Waals surface area (Å²) in [5, 5.41) is 6.45. The van der Waals surface area contributed by atoms with Gasteiger partial charge in [-0.15, -0.1) is 0 Å². The Bertz CT molecular complexity index is 413. The fraction of sp³-hybridized carbons (Fsp3) is 0.571. The molecule has 4 heteroatoms. The summed E-state index contributed by atoms with van der Waals surface area (Å²) in [4.78, 5) is 16.1. The molecule has 2 rings (SSSR count). The first-order valence-electron chi connectivity index (χ1n) is 6.60. The fourth-order valence-corrected chi connectivity index (χ4v) is 2.39. The van der Waals surface area contributed by atoms with Gasteiger partial charge in [-0.05, 0) is 57.3 Å². The first-order chi connectivity index (χ1) is 8.66. The number of hydrogen-bond acceptors (Lipinski definition) is 3. The lowest BCUT2D eigenvalue weighted by molar-refractivity contribution is 0.0921. The number of nitrogens with zero attached hydrogens (tertiary/aromatic N) is 1. The Morgan fingerprint density at radius 2 is 2.39 bits per heavy atom. The number of hydrogen-bond donors (Lipinski definition) is 2. The quantitative estimate of drug-likeness (QED) is 0.851. The molecule has 1 aliphatic rings. The van der Waals surface area contributed by atoms with Gasteiger partial charge < -0.3 is 10.6 Å². The van der Waals surface area contributed by atoms with Crippen molar-refractivity contribution in [1.29, 1.82) is 0 Å². The van der Waals surface area contributed by atoms with Crippen LogP contribution in [0.2, 0.25) is 0 Å². The maximum Gasteiger partial charge on any atom is 0.253 e. The van der Waals surface area contributed by atoms with Crippen LogP contribution in [0.15, 0.2) is 18.5 Å². The molecular formula is C14H21N3O. The molecule has 4 nitrogen and oxygen atoms in total. The van der Waals surface area contributed by atoms with E-state index in [9.17, 15) is 4.79 Å². The highest BCUT2D eigenvalue weighted by Gasteiger charge is 2.21. The summed E-state index contributed by atoms with van der Waals surface area (Å²) < 4.78 is 0. The van der Waals surface area contributed by atoms with E-state index < -0.39 is 0 Å². The van der Waals surface area contributed by atoms with Gasteiger partial charge in [0.1, 0.15) is 0 Å². The first-order valence-corrected chi connectivity index (χ1v) is 6.60. The van der Waals surface area contributed by atoms with Crippen molar-refractivity contribution in [1.82, 2.24) is 15.6 Å². The highest BCUT2D eigenvalue weighted by atomic mass is 16.1. The number of carbonyl (C=O) groups excluding carboxylic acids is 1. The Morgan fingerprint density at radius 1 is 1.56 bits per heavy atom. The molecule has 0 spiro atoms. The van der Waals surface area contributed by atoms with Crippen LogP contribution in [0.3, 0.4) is 0 Å². The van der Waals surface area contributed by atoms with E-state index in [2.05, 4.69) is 22.5 Å². The van der Waals surface area contributed by atoms with Crippen molar-refractivity contribution in [3.05, 3.63) is 29.6 Å². The molecule has 2 atom stereocenters. The predicted octanol–water partition coefficient (Wildman–Crippen LogP) is 1.51. The van der Waals surface area contributed by atoms with Gasteiger partial charge in [0.25, 0.3) is 5.91 Å². The predicted molar refractivity (Wildman–Crippen MR) is 71.5 cm³/mol. The summed E-state index contributed by atoms with van der Waals surface area (Å²) in [6.45, 7) is 6.11. The van der Waals surface area contributed by atoms with Gasteiger partial charge in [-0.2, -0.15) is 0 Å². The second-order valence-corrected chi connectivity index (χ2v) is 5.12.